The predicted molar refractivity (Wildman–Crippen MR) is 87.5 cm³/mol. The van der Waals surface area contributed by atoms with Gasteiger partial charge >= 0.3 is 0 Å². The average molecular weight is 334 g/mol. The van der Waals surface area contributed by atoms with Crippen molar-refractivity contribution in [1.82, 2.24) is 4.90 Å². The van der Waals surface area contributed by atoms with Crippen LogP contribution in [0.2, 0.25) is 4.34 Å². The maximum Gasteiger partial charge on any atom is 0.254 e. The van der Waals surface area contributed by atoms with Gasteiger partial charge in [-0.3, -0.25) is 4.79 Å². The summed E-state index contributed by atoms with van der Waals surface area (Å²) in [4.78, 5) is 15.5. The lowest BCUT2D eigenvalue weighted by Crippen LogP contribution is -2.40. The number of thiophene rings is 1. The number of epoxide rings is 1. The van der Waals surface area contributed by atoms with Crippen molar-refractivity contribution < 1.29 is 9.53 Å². The maximum absolute atomic E-state index is 12.4. The molecule has 4 rings (SSSR count). The molecule has 22 heavy (non-hydrogen) atoms. The van der Waals surface area contributed by atoms with E-state index in [1.807, 2.05) is 11.0 Å². The van der Waals surface area contributed by atoms with Gasteiger partial charge in [-0.15, -0.1) is 11.3 Å². The van der Waals surface area contributed by atoms with Gasteiger partial charge in [-0.2, -0.15) is 0 Å². The van der Waals surface area contributed by atoms with Crippen LogP contribution in [0.15, 0.2) is 30.3 Å². The van der Waals surface area contributed by atoms with Crippen LogP contribution < -0.4 is 0 Å². The molecular weight excluding hydrogens is 318 g/mol. The number of hydrogen-bond donors (Lipinski definition) is 0. The second-order valence-electron chi connectivity index (χ2n) is 5.88. The number of halogens is 1. The molecule has 2 aliphatic heterocycles. The second kappa shape index (κ2) is 5.37. The zero-order valence-corrected chi connectivity index (χ0v) is 13.8. The largest absolute Gasteiger partial charge is 0.363 e. The summed E-state index contributed by atoms with van der Waals surface area (Å²) in [7, 11) is 0. The molecule has 0 saturated carbocycles. The Morgan fingerprint density at radius 3 is 2.86 bits per heavy atom. The molecule has 0 unspecified atom stereocenters. The van der Waals surface area contributed by atoms with Gasteiger partial charge in [-0.25, -0.2) is 0 Å². The molecule has 0 bridgehead atoms. The van der Waals surface area contributed by atoms with E-state index in [-0.39, 0.29) is 17.9 Å². The molecular formula is C17H16ClNO2S. The number of fused-ring (bicyclic) bond motifs is 1. The van der Waals surface area contributed by atoms with Crippen molar-refractivity contribution in [1.29, 1.82) is 0 Å². The smallest absolute Gasteiger partial charge is 0.254 e. The maximum atomic E-state index is 12.4. The van der Waals surface area contributed by atoms with Gasteiger partial charge in [0, 0.05) is 17.3 Å². The molecule has 1 saturated heterocycles. The number of amides is 1. The van der Waals surface area contributed by atoms with Crippen LogP contribution in [-0.4, -0.2) is 30.1 Å². The first-order valence-electron chi connectivity index (χ1n) is 7.37. The molecule has 0 radical (unpaired) electrons. The van der Waals surface area contributed by atoms with E-state index >= 15 is 0 Å². The van der Waals surface area contributed by atoms with E-state index in [2.05, 4.69) is 31.2 Å². The van der Waals surface area contributed by atoms with E-state index in [4.69, 9.17) is 16.3 Å². The number of nitrogens with zero attached hydrogens (tertiary/aromatic N) is 1. The number of carbonyl (C=O) groups excluding carboxylic acids is 1. The third-order valence-corrected chi connectivity index (χ3v) is 5.67. The monoisotopic (exact) mass is 333 g/mol. The van der Waals surface area contributed by atoms with Crippen molar-refractivity contribution in [2.75, 3.05) is 13.2 Å². The van der Waals surface area contributed by atoms with E-state index in [1.54, 1.807) is 11.3 Å². The Kier molecular flexibility index (Phi) is 3.48. The van der Waals surface area contributed by atoms with Crippen LogP contribution in [0.5, 0.6) is 0 Å². The van der Waals surface area contributed by atoms with Gasteiger partial charge in [0.1, 0.15) is 0 Å². The van der Waals surface area contributed by atoms with Crippen LogP contribution in [-0.2, 0) is 16.1 Å². The highest BCUT2D eigenvalue weighted by atomic mass is 35.5. The number of benzene rings is 1. The summed E-state index contributed by atoms with van der Waals surface area (Å²) in [6.45, 7) is 4.02. The summed E-state index contributed by atoms with van der Waals surface area (Å²) in [6.07, 6.45) is -0.227. The summed E-state index contributed by atoms with van der Waals surface area (Å²) in [5.41, 5.74) is 3.79. The summed E-state index contributed by atoms with van der Waals surface area (Å²) >= 11 is 7.81. The lowest BCUT2D eigenvalue weighted by Gasteiger charge is -2.33. The molecule has 5 heteroatoms. The molecule has 0 N–H and O–H groups in total. The molecule has 1 amide bonds. The summed E-state index contributed by atoms with van der Waals surface area (Å²) in [6, 6.07) is 10.4. The van der Waals surface area contributed by atoms with Crippen molar-refractivity contribution in [3.63, 3.8) is 0 Å². The van der Waals surface area contributed by atoms with Crippen LogP contribution >= 0.6 is 22.9 Å². The number of aryl methyl sites for hydroxylation is 1. The van der Waals surface area contributed by atoms with Crippen LogP contribution in [0, 0.1) is 6.92 Å². The molecule has 114 valence electrons. The fourth-order valence-electron chi connectivity index (χ4n) is 3.19. The van der Waals surface area contributed by atoms with E-state index in [9.17, 15) is 4.79 Å². The lowest BCUT2D eigenvalue weighted by atomic mass is 9.86. The molecule has 2 aromatic rings. The summed E-state index contributed by atoms with van der Waals surface area (Å²) in [5, 5.41) is 0. The topological polar surface area (TPSA) is 32.8 Å². The Labute approximate surface area is 138 Å². The van der Waals surface area contributed by atoms with Crippen molar-refractivity contribution in [2.24, 2.45) is 0 Å². The fourth-order valence-corrected chi connectivity index (χ4v) is 4.55. The van der Waals surface area contributed by atoms with Crippen molar-refractivity contribution in [2.45, 2.75) is 25.5 Å². The SMILES string of the molecule is Cc1ccccc1[C@@H]1CN(C(=O)[C@H]2CO2)Cc2sc(Cl)cc21. The Balaban J connectivity index is 1.75. The van der Waals surface area contributed by atoms with E-state index in [0.29, 0.717) is 19.7 Å². The standard InChI is InChI=1S/C17H16ClNO2S/c1-10-4-2-3-5-11(10)13-7-19(17(20)14-9-21-14)8-15-12(13)6-16(18)22-15/h2-6,13-14H,7-9H2,1H3/t13-,14+/m0/s1. The molecule has 1 fully saturated rings. The first-order valence-corrected chi connectivity index (χ1v) is 8.57. The summed E-state index contributed by atoms with van der Waals surface area (Å²) in [5.74, 6) is 0.296. The highest BCUT2D eigenvalue weighted by molar-refractivity contribution is 7.16. The van der Waals surface area contributed by atoms with E-state index in [0.717, 1.165) is 4.34 Å². The van der Waals surface area contributed by atoms with Gasteiger partial charge in [0.2, 0.25) is 0 Å². The highest BCUT2D eigenvalue weighted by Gasteiger charge is 2.39. The van der Waals surface area contributed by atoms with Crippen molar-refractivity contribution >= 4 is 28.8 Å². The minimum atomic E-state index is -0.227. The lowest BCUT2D eigenvalue weighted by molar-refractivity contribution is -0.133. The van der Waals surface area contributed by atoms with Crippen molar-refractivity contribution in [3.05, 3.63) is 56.2 Å². The molecule has 0 spiro atoms. The van der Waals surface area contributed by atoms with Gasteiger partial charge in [-0.1, -0.05) is 35.9 Å². The second-order valence-corrected chi connectivity index (χ2v) is 7.65. The normalized spacial score (nSPS) is 23.3. The Morgan fingerprint density at radius 2 is 2.14 bits per heavy atom. The molecule has 3 nitrogen and oxygen atoms in total. The first kappa shape index (κ1) is 14.2. The number of rotatable bonds is 2. The van der Waals surface area contributed by atoms with Gasteiger partial charge in [0.05, 0.1) is 17.5 Å². The Bertz CT molecular complexity index is 738. The van der Waals surface area contributed by atoms with E-state index < -0.39 is 0 Å². The minimum Gasteiger partial charge on any atom is -0.363 e. The van der Waals surface area contributed by atoms with Crippen LogP contribution in [0.3, 0.4) is 0 Å². The average Bonchev–Trinajstić information content (AvgIpc) is 3.27. The van der Waals surface area contributed by atoms with E-state index in [1.165, 1.54) is 21.6 Å². The first-order chi connectivity index (χ1) is 10.6. The van der Waals surface area contributed by atoms with Crippen LogP contribution in [0.25, 0.3) is 0 Å². The number of hydrogen-bond acceptors (Lipinski definition) is 3. The molecule has 0 aliphatic carbocycles. The molecule has 1 aromatic heterocycles. The Hall–Kier alpha value is -1.36. The predicted octanol–water partition coefficient (Wildman–Crippen LogP) is 3.58. The zero-order valence-electron chi connectivity index (χ0n) is 12.2. The summed E-state index contributed by atoms with van der Waals surface area (Å²) < 4.78 is 5.96. The van der Waals surface area contributed by atoms with Crippen LogP contribution in [0.1, 0.15) is 27.5 Å². The molecule has 2 atom stereocenters. The third-order valence-electron chi connectivity index (χ3n) is 4.41. The van der Waals surface area contributed by atoms with Crippen molar-refractivity contribution in [3.8, 4) is 0 Å². The third kappa shape index (κ3) is 2.45. The zero-order chi connectivity index (χ0) is 15.3. The van der Waals surface area contributed by atoms with Crippen LogP contribution in [0.4, 0.5) is 0 Å². The highest BCUT2D eigenvalue weighted by Crippen LogP contribution is 2.41. The quantitative estimate of drug-likeness (QED) is 0.787. The minimum absolute atomic E-state index is 0.105. The number of carbonyl (C=O) groups is 1. The van der Waals surface area contributed by atoms with Gasteiger partial charge in [0.25, 0.3) is 5.91 Å². The molecule has 2 aliphatic rings. The Morgan fingerprint density at radius 1 is 1.36 bits per heavy atom. The fraction of sp³-hybridized carbons (Fsp3) is 0.353. The number of ether oxygens (including phenoxy) is 1. The van der Waals surface area contributed by atoms with Gasteiger partial charge < -0.3 is 9.64 Å². The van der Waals surface area contributed by atoms with Gasteiger partial charge in [0.15, 0.2) is 6.10 Å². The molecule has 3 heterocycles. The van der Waals surface area contributed by atoms with Gasteiger partial charge in [-0.05, 0) is 29.7 Å². The molecule has 1 aromatic carbocycles.